The fraction of sp³-hybridized carbons (Fsp3) is 0.647. The summed E-state index contributed by atoms with van der Waals surface area (Å²) in [4.78, 5) is 0. The fourth-order valence-corrected chi connectivity index (χ4v) is 3.42. The van der Waals surface area contributed by atoms with Crippen LogP contribution in [0.15, 0.2) is 18.2 Å². The molecule has 1 fully saturated rings. The van der Waals surface area contributed by atoms with E-state index in [4.69, 9.17) is 9.47 Å². The Labute approximate surface area is 121 Å². The zero-order valence-corrected chi connectivity index (χ0v) is 12.5. The van der Waals surface area contributed by atoms with Crippen LogP contribution in [0, 0.1) is 5.92 Å². The first-order valence-corrected chi connectivity index (χ1v) is 7.81. The van der Waals surface area contributed by atoms with Gasteiger partial charge in [-0.15, -0.1) is 0 Å². The Morgan fingerprint density at radius 2 is 2.25 bits per heavy atom. The first kappa shape index (κ1) is 13.9. The highest BCUT2D eigenvalue weighted by atomic mass is 16.5. The average molecular weight is 275 g/mol. The minimum Gasteiger partial charge on any atom is -0.493 e. The van der Waals surface area contributed by atoms with Crippen molar-refractivity contribution in [2.45, 2.75) is 44.8 Å². The maximum atomic E-state index is 5.90. The van der Waals surface area contributed by atoms with Gasteiger partial charge in [0, 0.05) is 19.1 Å². The van der Waals surface area contributed by atoms with Crippen LogP contribution >= 0.6 is 0 Å². The number of hydrogen-bond acceptors (Lipinski definition) is 3. The fourth-order valence-electron chi connectivity index (χ4n) is 3.42. The summed E-state index contributed by atoms with van der Waals surface area (Å²) < 4.78 is 11.5. The second-order valence-corrected chi connectivity index (χ2v) is 6.08. The average Bonchev–Trinajstić information content (AvgIpc) is 3.08. The third-order valence-electron chi connectivity index (χ3n) is 4.71. The number of ether oxygens (including phenoxy) is 2. The summed E-state index contributed by atoms with van der Waals surface area (Å²) in [7, 11) is 2.05. The molecule has 1 aromatic rings. The highest BCUT2D eigenvalue weighted by molar-refractivity contribution is 5.39. The van der Waals surface area contributed by atoms with Crippen molar-refractivity contribution < 1.29 is 9.47 Å². The molecule has 3 atom stereocenters. The summed E-state index contributed by atoms with van der Waals surface area (Å²) in [6, 6.07) is 7.10. The predicted octanol–water partition coefficient (Wildman–Crippen LogP) is 2.57. The lowest BCUT2D eigenvalue weighted by molar-refractivity contribution is 0.0608. The second-order valence-electron chi connectivity index (χ2n) is 6.08. The van der Waals surface area contributed by atoms with Gasteiger partial charge < -0.3 is 14.8 Å². The van der Waals surface area contributed by atoms with Crippen LogP contribution in [0.2, 0.25) is 0 Å². The van der Waals surface area contributed by atoms with E-state index in [0.717, 1.165) is 38.2 Å². The molecule has 1 saturated heterocycles. The monoisotopic (exact) mass is 275 g/mol. The molecule has 1 aromatic carbocycles. The molecule has 2 aliphatic rings. The summed E-state index contributed by atoms with van der Waals surface area (Å²) in [5.74, 6) is 1.74. The number of rotatable bonds is 5. The zero-order chi connectivity index (χ0) is 13.9. The lowest BCUT2D eigenvalue weighted by atomic mass is 9.93. The third kappa shape index (κ3) is 2.84. The number of hydrogen-bond donors (Lipinski definition) is 1. The first-order valence-electron chi connectivity index (χ1n) is 7.81. The molecule has 20 heavy (non-hydrogen) atoms. The SMILES string of the molecule is CNC(CCc1ccc2c(c1)CCO2)C1OCCC1C. The molecule has 0 aliphatic carbocycles. The van der Waals surface area contributed by atoms with Crippen molar-refractivity contribution in [3.05, 3.63) is 29.3 Å². The van der Waals surface area contributed by atoms with Gasteiger partial charge in [-0.3, -0.25) is 0 Å². The molecule has 2 heterocycles. The molecular formula is C17H25NO2. The third-order valence-corrected chi connectivity index (χ3v) is 4.71. The van der Waals surface area contributed by atoms with E-state index < -0.39 is 0 Å². The van der Waals surface area contributed by atoms with Gasteiger partial charge in [0.15, 0.2) is 0 Å². The number of fused-ring (bicyclic) bond motifs is 1. The van der Waals surface area contributed by atoms with Gasteiger partial charge in [-0.25, -0.2) is 0 Å². The minimum atomic E-state index is 0.373. The van der Waals surface area contributed by atoms with Crippen molar-refractivity contribution >= 4 is 0 Å². The maximum Gasteiger partial charge on any atom is 0.122 e. The Bertz CT molecular complexity index is 460. The van der Waals surface area contributed by atoms with E-state index >= 15 is 0 Å². The van der Waals surface area contributed by atoms with Gasteiger partial charge in [-0.1, -0.05) is 19.1 Å². The lowest BCUT2D eigenvalue weighted by Gasteiger charge is -2.25. The molecule has 0 aromatic heterocycles. The summed E-state index contributed by atoms with van der Waals surface area (Å²) in [6.07, 6.45) is 4.86. The van der Waals surface area contributed by atoms with Crippen molar-refractivity contribution in [2.24, 2.45) is 5.92 Å². The first-order chi connectivity index (χ1) is 9.78. The summed E-state index contributed by atoms with van der Waals surface area (Å²) in [5.41, 5.74) is 2.79. The second kappa shape index (κ2) is 6.15. The van der Waals surface area contributed by atoms with Crippen molar-refractivity contribution in [3.63, 3.8) is 0 Å². The van der Waals surface area contributed by atoms with Crippen molar-refractivity contribution in [2.75, 3.05) is 20.3 Å². The van der Waals surface area contributed by atoms with E-state index in [1.54, 1.807) is 0 Å². The molecule has 0 radical (unpaired) electrons. The topological polar surface area (TPSA) is 30.5 Å². The van der Waals surface area contributed by atoms with E-state index in [9.17, 15) is 0 Å². The van der Waals surface area contributed by atoms with Crippen molar-refractivity contribution in [1.29, 1.82) is 0 Å². The lowest BCUT2D eigenvalue weighted by Crippen LogP contribution is -2.40. The standard InChI is InChI=1S/C17H25NO2/c1-12-7-9-20-17(12)15(18-2)5-3-13-4-6-16-14(11-13)8-10-19-16/h4,6,11-12,15,17-18H,3,5,7-10H2,1-2H3. The van der Waals surface area contributed by atoms with Gasteiger partial charge >= 0.3 is 0 Å². The highest BCUT2D eigenvalue weighted by Gasteiger charge is 2.30. The molecule has 3 rings (SSSR count). The van der Waals surface area contributed by atoms with Crippen molar-refractivity contribution in [3.8, 4) is 5.75 Å². The quantitative estimate of drug-likeness (QED) is 0.896. The zero-order valence-electron chi connectivity index (χ0n) is 12.5. The van der Waals surface area contributed by atoms with Gasteiger partial charge in [0.05, 0.1) is 12.7 Å². The molecule has 1 N–H and O–H groups in total. The van der Waals surface area contributed by atoms with Crippen molar-refractivity contribution in [1.82, 2.24) is 5.32 Å². The number of nitrogens with one attached hydrogen (secondary N) is 1. The van der Waals surface area contributed by atoms with E-state index in [1.165, 1.54) is 17.5 Å². The van der Waals surface area contributed by atoms with Crippen LogP contribution in [-0.4, -0.2) is 32.4 Å². The van der Waals surface area contributed by atoms with Gasteiger partial charge in [-0.05, 0) is 49.4 Å². The molecule has 0 amide bonds. The molecule has 3 nitrogen and oxygen atoms in total. The van der Waals surface area contributed by atoms with Crippen LogP contribution in [-0.2, 0) is 17.6 Å². The molecule has 0 bridgehead atoms. The maximum absolute atomic E-state index is 5.90. The van der Waals surface area contributed by atoms with Gasteiger partial charge in [0.25, 0.3) is 0 Å². The Hall–Kier alpha value is -1.06. The summed E-state index contributed by atoms with van der Waals surface area (Å²) >= 11 is 0. The van der Waals surface area contributed by atoms with E-state index in [2.05, 4.69) is 37.5 Å². The smallest absolute Gasteiger partial charge is 0.122 e. The Morgan fingerprint density at radius 3 is 3.00 bits per heavy atom. The van der Waals surface area contributed by atoms with Gasteiger partial charge in [0.1, 0.15) is 5.75 Å². The minimum absolute atomic E-state index is 0.373. The van der Waals surface area contributed by atoms with E-state index in [1.807, 2.05) is 0 Å². The number of likely N-dealkylation sites (N-methyl/N-ethyl adjacent to an activating group) is 1. The summed E-state index contributed by atoms with van der Waals surface area (Å²) in [6.45, 7) is 4.06. The molecule has 3 unspecified atom stereocenters. The van der Waals surface area contributed by atoms with Crippen LogP contribution in [0.4, 0.5) is 0 Å². The molecular weight excluding hydrogens is 250 g/mol. The van der Waals surface area contributed by atoms with Crippen LogP contribution in [0.1, 0.15) is 30.9 Å². The summed E-state index contributed by atoms with van der Waals surface area (Å²) in [5, 5.41) is 3.45. The molecule has 110 valence electrons. The van der Waals surface area contributed by atoms with Crippen LogP contribution in [0.3, 0.4) is 0 Å². The Balaban J connectivity index is 1.60. The molecule has 3 heteroatoms. The molecule has 0 spiro atoms. The van der Waals surface area contributed by atoms with Gasteiger partial charge in [-0.2, -0.15) is 0 Å². The van der Waals surface area contributed by atoms with E-state index in [0.29, 0.717) is 18.1 Å². The predicted molar refractivity (Wildman–Crippen MR) is 80.3 cm³/mol. The molecule has 2 aliphatic heterocycles. The molecule has 0 saturated carbocycles. The van der Waals surface area contributed by atoms with Crippen LogP contribution < -0.4 is 10.1 Å². The highest BCUT2D eigenvalue weighted by Crippen LogP contribution is 2.28. The largest absolute Gasteiger partial charge is 0.493 e. The Morgan fingerprint density at radius 1 is 1.35 bits per heavy atom. The van der Waals surface area contributed by atoms with Gasteiger partial charge in [0.2, 0.25) is 0 Å². The normalized spacial score (nSPS) is 26.3. The van der Waals surface area contributed by atoms with Crippen LogP contribution in [0.25, 0.3) is 0 Å². The number of benzene rings is 1. The Kier molecular flexibility index (Phi) is 4.27. The van der Waals surface area contributed by atoms with E-state index in [-0.39, 0.29) is 0 Å². The van der Waals surface area contributed by atoms with Crippen LogP contribution in [0.5, 0.6) is 5.75 Å². The number of aryl methyl sites for hydroxylation is 1.